The van der Waals surface area contributed by atoms with Gasteiger partial charge in [-0.2, -0.15) is 0 Å². The number of amides is 3. The van der Waals surface area contributed by atoms with E-state index in [-0.39, 0.29) is 24.4 Å². The van der Waals surface area contributed by atoms with E-state index >= 15 is 0 Å². The third-order valence-electron chi connectivity index (χ3n) is 3.88. The van der Waals surface area contributed by atoms with Crippen molar-refractivity contribution in [1.82, 2.24) is 20.5 Å². The van der Waals surface area contributed by atoms with Crippen molar-refractivity contribution in [3.63, 3.8) is 0 Å². The van der Waals surface area contributed by atoms with E-state index in [4.69, 9.17) is 0 Å². The van der Waals surface area contributed by atoms with Crippen LogP contribution in [0.15, 0.2) is 48.8 Å². The van der Waals surface area contributed by atoms with E-state index in [1.165, 1.54) is 4.90 Å². The van der Waals surface area contributed by atoms with Crippen LogP contribution in [0.3, 0.4) is 0 Å². The molecule has 25 heavy (non-hydrogen) atoms. The number of benzene rings is 1. The van der Waals surface area contributed by atoms with Gasteiger partial charge in [0.15, 0.2) is 0 Å². The molecule has 6 nitrogen and oxygen atoms in total. The van der Waals surface area contributed by atoms with Gasteiger partial charge in [0.25, 0.3) is 0 Å². The van der Waals surface area contributed by atoms with Crippen molar-refractivity contribution < 1.29 is 9.59 Å². The molecular weight excluding hydrogens is 316 g/mol. The summed E-state index contributed by atoms with van der Waals surface area (Å²) < 4.78 is 0. The number of aromatic nitrogens is 1. The molecule has 0 saturated carbocycles. The van der Waals surface area contributed by atoms with Gasteiger partial charge in [-0.1, -0.05) is 30.3 Å². The fraction of sp³-hybridized carbons (Fsp3) is 0.316. The molecule has 6 heteroatoms. The summed E-state index contributed by atoms with van der Waals surface area (Å²) in [6.07, 6.45) is 3.85. The summed E-state index contributed by atoms with van der Waals surface area (Å²) in [4.78, 5) is 29.0. The van der Waals surface area contributed by atoms with Crippen molar-refractivity contribution in [3.8, 4) is 11.1 Å². The maximum Gasteiger partial charge on any atom is 0.315 e. The minimum atomic E-state index is -0.282. The highest BCUT2D eigenvalue weighted by Gasteiger charge is 2.10. The van der Waals surface area contributed by atoms with Crippen LogP contribution in [0.2, 0.25) is 0 Å². The van der Waals surface area contributed by atoms with Gasteiger partial charge in [0.2, 0.25) is 5.91 Å². The fourth-order valence-electron chi connectivity index (χ4n) is 2.34. The number of hydrogen-bond acceptors (Lipinski definition) is 3. The first-order chi connectivity index (χ1) is 12.0. The zero-order chi connectivity index (χ0) is 18.2. The molecule has 1 heterocycles. The molecule has 0 radical (unpaired) electrons. The molecule has 2 rings (SSSR count). The third kappa shape index (κ3) is 5.60. The molecule has 132 valence electrons. The number of pyridine rings is 1. The average molecular weight is 340 g/mol. The molecule has 0 spiro atoms. The maximum absolute atomic E-state index is 11.9. The van der Waals surface area contributed by atoms with Crippen LogP contribution >= 0.6 is 0 Å². The first kappa shape index (κ1) is 18.4. The summed E-state index contributed by atoms with van der Waals surface area (Å²) in [5.74, 6) is -0.0145. The highest BCUT2D eigenvalue weighted by Crippen LogP contribution is 2.21. The predicted molar refractivity (Wildman–Crippen MR) is 97.9 cm³/mol. The minimum Gasteiger partial charge on any atom is -0.349 e. The molecule has 2 N–H and O–H groups in total. The zero-order valence-electron chi connectivity index (χ0n) is 14.8. The van der Waals surface area contributed by atoms with Gasteiger partial charge in [0.1, 0.15) is 0 Å². The van der Waals surface area contributed by atoms with Crippen LogP contribution in [0.1, 0.15) is 24.9 Å². The number of nitrogens with one attached hydrogen (secondary N) is 2. The number of carbonyl (C=O) groups is 2. The molecule has 1 aromatic carbocycles. The summed E-state index contributed by atoms with van der Waals surface area (Å²) >= 11 is 0. The second-order valence-corrected chi connectivity index (χ2v) is 6.02. The molecule has 0 aliphatic rings. The molecule has 0 saturated heterocycles. The van der Waals surface area contributed by atoms with Crippen LogP contribution in [0, 0.1) is 0 Å². The molecule has 0 unspecified atom stereocenters. The molecule has 1 atom stereocenters. The molecule has 1 aromatic heterocycles. The number of rotatable bonds is 6. The first-order valence-electron chi connectivity index (χ1n) is 8.22. The molecule has 3 amide bonds. The van der Waals surface area contributed by atoms with Crippen molar-refractivity contribution in [3.05, 3.63) is 54.4 Å². The highest BCUT2D eigenvalue weighted by atomic mass is 16.2. The SMILES string of the molecule is C[C@@H](NC(=O)NCCC(=O)N(C)C)c1ccc(-c2cccnc2)cc1. The predicted octanol–water partition coefficient (Wildman–Crippen LogP) is 2.59. The van der Waals surface area contributed by atoms with Gasteiger partial charge in [-0.15, -0.1) is 0 Å². The topological polar surface area (TPSA) is 74.3 Å². The lowest BCUT2D eigenvalue weighted by atomic mass is 10.0. The van der Waals surface area contributed by atoms with Gasteiger partial charge >= 0.3 is 6.03 Å². The monoisotopic (exact) mass is 340 g/mol. The van der Waals surface area contributed by atoms with E-state index < -0.39 is 0 Å². The molecule has 0 aliphatic carbocycles. The normalized spacial score (nSPS) is 11.5. The third-order valence-corrected chi connectivity index (χ3v) is 3.88. The van der Waals surface area contributed by atoms with Crippen molar-refractivity contribution in [2.45, 2.75) is 19.4 Å². The molecule has 0 fully saturated rings. The van der Waals surface area contributed by atoms with Crippen LogP contribution in [-0.2, 0) is 4.79 Å². The molecule has 0 aliphatic heterocycles. The van der Waals surface area contributed by atoms with Crippen LogP contribution in [0.5, 0.6) is 0 Å². The Bertz CT molecular complexity index is 699. The van der Waals surface area contributed by atoms with E-state index in [1.807, 2.05) is 49.5 Å². The molecule has 2 aromatic rings. The Balaban J connectivity index is 1.85. The highest BCUT2D eigenvalue weighted by molar-refractivity contribution is 5.78. The van der Waals surface area contributed by atoms with E-state index in [1.54, 1.807) is 20.3 Å². The lowest BCUT2D eigenvalue weighted by molar-refractivity contribution is -0.128. The van der Waals surface area contributed by atoms with E-state index in [0.29, 0.717) is 6.54 Å². The van der Waals surface area contributed by atoms with Crippen LogP contribution in [0.25, 0.3) is 11.1 Å². The van der Waals surface area contributed by atoms with Gasteiger partial charge in [-0.3, -0.25) is 9.78 Å². The summed E-state index contributed by atoms with van der Waals surface area (Å²) in [6.45, 7) is 2.24. The lowest BCUT2D eigenvalue weighted by Gasteiger charge is -2.16. The second-order valence-electron chi connectivity index (χ2n) is 6.02. The standard InChI is InChI=1S/C19H24N4O2/c1-14(22-19(25)21-12-10-18(24)23(2)3)15-6-8-16(9-7-15)17-5-4-11-20-13-17/h4-9,11,13-14H,10,12H2,1-3H3,(H2,21,22,25)/t14-/m1/s1. The van der Waals surface area contributed by atoms with Crippen molar-refractivity contribution in [2.24, 2.45) is 0 Å². The van der Waals surface area contributed by atoms with Crippen LogP contribution in [0.4, 0.5) is 4.79 Å². The van der Waals surface area contributed by atoms with Gasteiger partial charge in [0, 0.05) is 39.5 Å². The quantitative estimate of drug-likeness (QED) is 0.849. The van der Waals surface area contributed by atoms with Crippen molar-refractivity contribution >= 4 is 11.9 Å². The number of nitrogens with zero attached hydrogens (tertiary/aromatic N) is 2. The summed E-state index contributed by atoms with van der Waals surface area (Å²) in [7, 11) is 3.39. The Hall–Kier alpha value is -2.89. The smallest absolute Gasteiger partial charge is 0.315 e. The summed E-state index contributed by atoms with van der Waals surface area (Å²) in [5, 5.41) is 5.57. The summed E-state index contributed by atoms with van der Waals surface area (Å²) in [6, 6.07) is 11.5. The largest absolute Gasteiger partial charge is 0.349 e. The van der Waals surface area contributed by atoms with Crippen molar-refractivity contribution in [1.29, 1.82) is 0 Å². The van der Waals surface area contributed by atoms with Gasteiger partial charge in [-0.25, -0.2) is 4.79 Å². The Labute approximate surface area is 148 Å². The number of carbonyl (C=O) groups excluding carboxylic acids is 2. The second kappa shape index (κ2) is 8.82. The maximum atomic E-state index is 11.9. The fourth-order valence-corrected chi connectivity index (χ4v) is 2.34. The zero-order valence-corrected chi connectivity index (χ0v) is 14.8. The Kier molecular flexibility index (Phi) is 6.51. The van der Waals surface area contributed by atoms with Gasteiger partial charge in [0.05, 0.1) is 6.04 Å². The summed E-state index contributed by atoms with van der Waals surface area (Å²) in [5.41, 5.74) is 3.14. The average Bonchev–Trinajstić information content (AvgIpc) is 2.62. The minimum absolute atomic E-state index is 0.0145. The number of hydrogen-bond donors (Lipinski definition) is 2. The van der Waals surface area contributed by atoms with Gasteiger partial charge < -0.3 is 15.5 Å². The van der Waals surface area contributed by atoms with Crippen LogP contribution < -0.4 is 10.6 Å². The Morgan fingerprint density at radius 2 is 1.84 bits per heavy atom. The molecule has 0 bridgehead atoms. The van der Waals surface area contributed by atoms with Crippen molar-refractivity contribution in [2.75, 3.05) is 20.6 Å². The van der Waals surface area contributed by atoms with E-state index in [0.717, 1.165) is 16.7 Å². The van der Waals surface area contributed by atoms with Gasteiger partial charge in [-0.05, 0) is 29.7 Å². The van der Waals surface area contributed by atoms with E-state index in [9.17, 15) is 9.59 Å². The van der Waals surface area contributed by atoms with E-state index in [2.05, 4.69) is 15.6 Å². The first-order valence-corrected chi connectivity index (χ1v) is 8.22. The number of urea groups is 1. The lowest BCUT2D eigenvalue weighted by Crippen LogP contribution is -2.38. The Morgan fingerprint density at radius 1 is 1.12 bits per heavy atom. The van der Waals surface area contributed by atoms with Crippen LogP contribution in [-0.4, -0.2) is 42.5 Å². The molecular formula is C19H24N4O2. The Morgan fingerprint density at radius 3 is 2.44 bits per heavy atom.